The molecule has 6 nitrogen and oxygen atoms in total. The summed E-state index contributed by atoms with van der Waals surface area (Å²) in [5, 5.41) is 11.1. The molecule has 6 heteroatoms. The van der Waals surface area contributed by atoms with Gasteiger partial charge in [-0.3, -0.25) is 0 Å². The second kappa shape index (κ2) is 5.12. The third-order valence-electron chi connectivity index (χ3n) is 2.75. The number of morpholine rings is 1. The van der Waals surface area contributed by atoms with E-state index in [0.717, 1.165) is 18.9 Å². The number of nitrogens with one attached hydrogen (secondary N) is 1. The molecule has 0 bridgehead atoms. The smallest absolute Gasteiger partial charge is 0.158 e. The van der Waals surface area contributed by atoms with E-state index in [1.54, 1.807) is 6.33 Å². The van der Waals surface area contributed by atoms with Gasteiger partial charge in [-0.2, -0.15) is 0 Å². The Hall–Kier alpha value is -0.980. The van der Waals surface area contributed by atoms with E-state index in [9.17, 15) is 0 Å². The van der Waals surface area contributed by atoms with Gasteiger partial charge in [0, 0.05) is 20.1 Å². The molecule has 0 saturated carbocycles. The third-order valence-corrected chi connectivity index (χ3v) is 2.75. The average molecular weight is 240 g/mol. The van der Waals surface area contributed by atoms with Crippen molar-refractivity contribution in [3.63, 3.8) is 0 Å². The summed E-state index contributed by atoms with van der Waals surface area (Å²) < 4.78 is 13.3. The highest BCUT2D eigenvalue weighted by atomic mass is 16.5. The zero-order valence-electron chi connectivity index (χ0n) is 10.6. The van der Waals surface area contributed by atoms with E-state index in [4.69, 9.17) is 9.47 Å². The Morgan fingerprint density at radius 1 is 1.65 bits per heavy atom. The summed E-state index contributed by atoms with van der Waals surface area (Å²) >= 11 is 0. The molecule has 2 heterocycles. The van der Waals surface area contributed by atoms with Gasteiger partial charge < -0.3 is 19.4 Å². The third kappa shape index (κ3) is 3.49. The first-order chi connectivity index (χ1) is 8.07. The van der Waals surface area contributed by atoms with Crippen molar-refractivity contribution in [1.82, 2.24) is 20.1 Å². The molecule has 1 unspecified atom stereocenters. The van der Waals surface area contributed by atoms with E-state index in [-0.39, 0.29) is 11.7 Å². The van der Waals surface area contributed by atoms with Crippen LogP contribution in [0, 0.1) is 0 Å². The minimum absolute atomic E-state index is 0.104. The Morgan fingerprint density at radius 2 is 2.47 bits per heavy atom. The van der Waals surface area contributed by atoms with Crippen LogP contribution in [-0.2, 0) is 23.1 Å². The van der Waals surface area contributed by atoms with Crippen molar-refractivity contribution in [2.24, 2.45) is 7.05 Å². The molecule has 1 fully saturated rings. The lowest BCUT2D eigenvalue weighted by molar-refractivity contribution is -0.122. The van der Waals surface area contributed by atoms with Gasteiger partial charge in [0.25, 0.3) is 0 Å². The minimum atomic E-state index is -0.114. The number of ether oxygens (including phenoxy) is 2. The SMILES string of the molecule is Cn1cnnc1COCC1CNCC(C)(C)O1. The summed E-state index contributed by atoms with van der Waals surface area (Å²) in [6, 6.07) is 0. The second-order valence-corrected chi connectivity index (χ2v) is 5.00. The number of aromatic nitrogens is 3. The fourth-order valence-electron chi connectivity index (χ4n) is 1.88. The predicted octanol–water partition coefficient (Wildman–Crippen LogP) is 0.0987. The highest BCUT2D eigenvalue weighted by Crippen LogP contribution is 2.15. The van der Waals surface area contributed by atoms with Crippen molar-refractivity contribution >= 4 is 0 Å². The van der Waals surface area contributed by atoms with Crippen molar-refractivity contribution in [3.05, 3.63) is 12.2 Å². The van der Waals surface area contributed by atoms with E-state index in [2.05, 4.69) is 29.4 Å². The van der Waals surface area contributed by atoms with E-state index in [1.165, 1.54) is 0 Å². The first-order valence-corrected chi connectivity index (χ1v) is 5.86. The Morgan fingerprint density at radius 3 is 3.12 bits per heavy atom. The molecule has 1 N–H and O–H groups in total. The van der Waals surface area contributed by atoms with Crippen LogP contribution in [0.4, 0.5) is 0 Å². The van der Waals surface area contributed by atoms with Crippen molar-refractivity contribution < 1.29 is 9.47 Å². The molecule has 2 rings (SSSR count). The minimum Gasteiger partial charge on any atom is -0.371 e. The van der Waals surface area contributed by atoms with Crippen molar-refractivity contribution in [1.29, 1.82) is 0 Å². The van der Waals surface area contributed by atoms with Gasteiger partial charge in [-0.1, -0.05) is 0 Å². The van der Waals surface area contributed by atoms with Gasteiger partial charge in [0.05, 0.1) is 18.3 Å². The lowest BCUT2D eigenvalue weighted by atomic mass is 10.1. The lowest BCUT2D eigenvalue weighted by Gasteiger charge is -2.36. The van der Waals surface area contributed by atoms with Gasteiger partial charge in [-0.25, -0.2) is 0 Å². The van der Waals surface area contributed by atoms with Crippen LogP contribution in [-0.4, -0.2) is 46.2 Å². The Labute approximate surface area is 101 Å². The van der Waals surface area contributed by atoms with Gasteiger partial charge in [0.1, 0.15) is 12.9 Å². The van der Waals surface area contributed by atoms with Crippen molar-refractivity contribution in [3.8, 4) is 0 Å². The largest absolute Gasteiger partial charge is 0.371 e. The maximum absolute atomic E-state index is 5.89. The van der Waals surface area contributed by atoms with Gasteiger partial charge in [0.15, 0.2) is 5.82 Å². The van der Waals surface area contributed by atoms with E-state index < -0.39 is 0 Å². The van der Waals surface area contributed by atoms with Gasteiger partial charge in [0.2, 0.25) is 0 Å². The molecule has 1 aliphatic rings. The standard InChI is InChI=1S/C11H20N4O2/c1-11(2)7-12-4-9(17-11)5-16-6-10-14-13-8-15(10)3/h8-9,12H,4-7H2,1-3H3. The summed E-state index contributed by atoms with van der Waals surface area (Å²) in [4.78, 5) is 0. The van der Waals surface area contributed by atoms with Crippen LogP contribution < -0.4 is 5.32 Å². The topological polar surface area (TPSA) is 61.2 Å². The zero-order valence-corrected chi connectivity index (χ0v) is 10.6. The number of hydrogen-bond acceptors (Lipinski definition) is 5. The molecular formula is C11H20N4O2. The van der Waals surface area contributed by atoms with Crippen molar-refractivity contribution in [2.45, 2.75) is 32.2 Å². The van der Waals surface area contributed by atoms with E-state index >= 15 is 0 Å². The molecule has 1 atom stereocenters. The predicted molar refractivity (Wildman–Crippen MR) is 62.5 cm³/mol. The average Bonchev–Trinajstić information content (AvgIpc) is 2.63. The molecule has 96 valence electrons. The lowest BCUT2D eigenvalue weighted by Crippen LogP contribution is -2.51. The number of hydrogen-bond donors (Lipinski definition) is 1. The summed E-state index contributed by atoms with van der Waals surface area (Å²) in [7, 11) is 1.90. The molecule has 0 spiro atoms. The number of aryl methyl sites for hydroxylation is 1. The molecule has 0 amide bonds. The van der Waals surface area contributed by atoms with Gasteiger partial charge >= 0.3 is 0 Å². The van der Waals surface area contributed by atoms with Gasteiger partial charge in [-0.05, 0) is 13.8 Å². The highest BCUT2D eigenvalue weighted by molar-refractivity contribution is 4.83. The molecule has 0 radical (unpaired) electrons. The molecule has 1 aromatic heterocycles. The molecule has 17 heavy (non-hydrogen) atoms. The van der Waals surface area contributed by atoms with Crippen LogP contribution in [0.2, 0.25) is 0 Å². The van der Waals surface area contributed by atoms with Crippen molar-refractivity contribution in [2.75, 3.05) is 19.7 Å². The monoisotopic (exact) mass is 240 g/mol. The second-order valence-electron chi connectivity index (χ2n) is 5.00. The summed E-state index contributed by atoms with van der Waals surface area (Å²) in [6.45, 7) is 6.92. The Balaban J connectivity index is 1.74. The highest BCUT2D eigenvalue weighted by Gasteiger charge is 2.28. The van der Waals surface area contributed by atoms with Crippen LogP contribution in [0.5, 0.6) is 0 Å². The first kappa shape index (κ1) is 12.5. The molecule has 1 saturated heterocycles. The van der Waals surface area contributed by atoms with Crippen LogP contribution in [0.25, 0.3) is 0 Å². The normalized spacial score (nSPS) is 23.8. The van der Waals surface area contributed by atoms with Crippen LogP contribution in [0.15, 0.2) is 6.33 Å². The maximum atomic E-state index is 5.89. The van der Waals surface area contributed by atoms with E-state index in [0.29, 0.717) is 13.2 Å². The fraction of sp³-hybridized carbons (Fsp3) is 0.818. The first-order valence-electron chi connectivity index (χ1n) is 5.86. The van der Waals surface area contributed by atoms with Crippen LogP contribution >= 0.6 is 0 Å². The molecule has 1 aromatic rings. The summed E-state index contributed by atoms with van der Waals surface area (Å²) in [6.07, 6.45) is 1.77. The van der Waals surface area contributed by atoms with Gasteiger partial charge in [-0.15, -0.1) is 10.2 Å². The Kier molecular flexibility index (Phi) is 3.76. The number of nitrogens with zero attached hydrogens (tertiary/aromatic N) is 3. The Bertz CT molecular complexity index is 364. The van der Waals surface area contributed by atoms with Crippen LogP contribution in [0.1, 0.15) is 19.7 Å². The fourth-order valence-corrected chi connectivity index (χ4v) is 1.88. The van der Waals surface area contributed by atoms with E-state index in [1.807, 2.05) is 11.6 Å². The maximum Gasteiger partial charge on any atom is 0.158 e. The molecule has 0 aliphatic carbocycles. The zero-order chi connectivity index (χ0) is 12.3. The molecule has 0 aromatic carbocycles. The quantitative estimate of drug-likeness (QED) is 0.808. The summed E-state index contributed by atoms with van der Waals surface area (Å²) in [5.74, 6) is 0.827. The molecular weight excluding hydrogens is 220 g/mol. The van der Waals surface area contributed by atoms with Crippen LogP contribution in [0.3, 0.4) is 0 Å². The molecule has 1 aliphatic heterocycles. The number of rotatable bonds is 4. The summed E-state index contributed by atoms with van der Waals surface area (Å²) in [5.41, 5.74) is -0.114.